The molecule has 0 fully saturated rings. The highest BCUT2D eigenvalue weighted by atomic mass is 16.4. The van der Waals surface area contributed by atoms with Crippen LogP contribution in [0, 0.1) is 0 Å². The van der Waals surface area contributed by atoms with E-state index >= 15 is 0 Å². The Kier molecular flexibility index (Phi) is 6.82. The molecule has 0 aromatic carbocycles. The van der Waals surface area contributed by atoms with Gasteiger partial charge in [-0.2, -0.15) is 0 Å². The van der Waals surface area contributed by atoms with Gasteiger partial charge in [0.15, 0.2) is 5.78 Å². The number of ketones is 1. The fourth-order valence-corrected chi connectivity index (χ4v) is 0.924. The Morgan fingerprint density at radius 3 is 2.25 bits per heavy atom. The van der Waals surface area contributed by atoms with Crippen LogP contribution in [0.2, 0.25) is 0 Å². The lowest BCUT2D eigenvalue weighted by Gasteiger charge is -2.20. The zero-order chi connectivity index (χ0) is 12.7. The van der Waals surface area contributed by atoms with Crippen LogP contribution in [0.25, 0.3) is 0 Å². The molecule has 0 rings (SSSR count). The van der Waals surface area contributed by atoms with E-state index in [9.17, 15) is 19.8 Å². The topological polar surface area (TPSA) is 127 Å². The molecule has 7 heteroatoms. The summed E-state index contributed by atoms with van der Waals surface area (Å²) in [5.41, 5.74) is 0. The van der Waals surface area contributed by atoms with Crippen LogP contribution in [-0.4, -0.2) is 63.6 Å². The number of nitrogens with one attached hydrogen (secondary N) is 1. The summed E-state index contributed by atoms with van der Waals surface area (Å²) >= 11 is 0. The Labute approximate surface area is 92.7 Å². The molecule has 0 saturated heterocycles. The largest absolute Gasteiger partial charge is 0.394 e. The number of hydrogen-bond acceptors (Lipinski definition) is 6. The average Bonchev–Trinajstić information content (AvgIpc) is 2.32. The van der Waals surface area contributed by atoms with Gasteiger partial charge in [-0.05, 0) is 0 Å². The minimum Gasteiger partial charge on any atom is -0.394 e. The molecule has 0 saturated carbocycles. The molecule has 1 amide bonds. The number of Topliss-reactive ketones (excluding diaryl/α,β-unsaturated/α-hetero) is 1. The summed E-state index contributed by atoms with van der Waals surface area (Å²) in [5, 5.41) is 38.1. The van der Waals surface area contributed by atoms with Gasteiger partial charge in [-0.15, -0.1) is 0 Å². The number of hydrogen-bond donors (Lipinski definition) is 5. The summed E-state index contributed by atoms with van der Waals surface area (Å²) in [4.78, 5) is 22.0. The summed E-state index contributed by atoms with van der Waals surface area (Å²) in [5.74, 6) is -1.19. The third-order valence-corrected chi connectivity index (χ3v) is 2.02. The molecule has 0 aliphatic heterocycles. The molecule has 0 radical (unpaired) electrons. The Balaban J connectivity index is 4.12. The molecule has 0 bridgehead atoms. The van der Waals surface area contributed by atoms with Crippen molar-refractivity contribution >= 4 is 11.7 Å². The van der Waals surface area contributed by atoms with Gasteiger partial charge in [0.25, 0.3) is 0 Å². The second-order valence-electron chi connectivity index (χ2n) is 3.28. The second-order valence-corrected chi connectivity index (χ2v) is 3.28. The monoisotopic (exact) mass is 235 g/mol. The Morgan fingerprint density at radius 1 is 1.25 bits per heavy atom. The molecule has 0 aromatic heterocycles. The lowest BCUT2D eigenvalue weighted by molar-refractivity contribution is -0.140. The maximum atomic E-state index is 11.2. The quantitative estimate of drug-likeness (QED) is 0.323. The van der Waals surface area contributed by atoms with Crippen molar-refractivity contribution in [1.82, 2.24) is 5.32 Å². The Morgan fingerprint density at radius 2 is 1.81 bits per heavy atom. The molecule has 5 N–H and O–H groups in total. The Hall–Kier alpha value is -1.02. The van der Waals surface area contributed by atoms with Crippen LogP contribution in [0.5, 0.6) is 0 Å². The first-order valence-corrected chi connectivity index (χ1v) is 4.88. The maximum absolute atomic E-state index is 11.2. The summed E-state index contributed by atoms with van der Waals surface area (Å²) in [7, 11) is 0. The fraction of sp³-hybridized carbons (Fsp3) is 0.778. The van der Waals surface area contributed by atoms with E-state index in [0.717, 1.165) is 0 Å². The molecule has 16 heavy (non-hydrogen) atoms. The van der Waals surface area contributed by atoms with E-state index in [4.69, 9.17) is 10.2 Å². The minimum absolute atomic E-state index is 0.200. The SMILES string of the molecule is CCC(=O)NCC(=O)[C@@H](O)[C@H](O)[C@H](O)CO. The molecule has 0 spiro atoms. The van der Waals surface area contributed by atoms with Gasteiger partial charge in [-0.1, -0.05) is 6.92 Å². The van der Waals surface area contributed by atoms with Crippen LogP contribution in [0.1, 0.15) is 13.3 Å². The predicted molar refractivity (Wildman–Crippen MR) is 53.4 cm³/mol. The second kappa shape index (κ2) is 7.29. The van der Waals surface area contributed by atoms with Gasteiger partial charge in [-0.3, -0.25) is 9.59 Å². The lowest BCUT2D eigenvalue weighted by Crippen LogP contribution is -2.47. The van der Waals surface area contributed by atoms with Crippen LogP contribution in [0.4, 0.5) is 0 Å². The van der Waals surface area contributed by atoms with E-state index in [0.29, 0.717) is 0 Å². The van der Waals surface area contributed by atoms with Crippen molar-refractivity contribution in [3.05, 3.63) is 0 Å². The van der Waals surface area contributed by atoms with E-state index in [1.165, 1.54) is 0 Å². The highest BCUT2D eigenvalue weighted by Gasteiger charge is 2.29. The van der Waals surface area contributed by atoms with Gasteiger partial charge >= 0.3 is 0 Å². The lowest BCUT2D eigenvalue weighted by atomic mass is 10.0. The van der Waals surface area contributed by atoms with Crippen LogP contribution in [-0.2, 0) is 9.59 Å². The van der Waals surface area contributed by atoms with Gasteiger partial charge < -0.3 is 25.7 Å². The zero-order valence-electron chi connectivity index (χ0n) is 8.96. The van der Waals surface area contributed by atoms with E-state index < -0.39 is 37.2 Å². The first-order chi connectivity index (χ1) is 7.43. The molecule has 0 aromatic rings. The Bertz CT molecular complexity index is 244. The van der Waals surface area contributed by atoms with Crippen molar-refractivity contribution in [2.45, 2.75) is 31.7 Å². The van der Waals surface area contributed by atoms with Crippen molar-refractivity contribution < 1.29 is 30.0 Å². The molecule has 3 atom stereocenters. The third-order valence-electron chi connectivity index (χ3n) is 2.02. The van der Waals surface area contributed by atoms with E-state index in [2.05, 4.69) is 5.32 Å². The predicted octanol–water partition coefficient (Wildman–Crippen LogP) is -2.84. The number of aliphatic hydroxyl groups excluding tert-OH is 4. The molecular formula is C9H17NO6. The standard InChI is InChI=1S/C9H17NO6/c1-2-7(14)10-3-5(12)8(15)9(16)6(13)4-11/h6,8-9,11,13,15-16H,2-4H2,1H3,(H,10,14)/t6-,8-,9-/m1/s1. The van der Waals surface area contributed by atoms with E-state index in [-0.39, 0.29) is 12.3 Å². The van der Waals surface area contributed by atoms with E-state index in [1.807, 2.05) is 0 Å². The molecule has 0 unspecified atom stereocenters. The zero-order valence-corrected chi connectivity index (χ0v) is 8.96. The first-order valence-electron chi connectivity index (χ1n) is 4.88. The summed E-state index contributed by atoms with van der Waals surface area (Å²) in [6.07, 6.45) is -5.00. The smallest absolute Gasteiger partial charge is 0.220 e. The van der Waals surface area contributed by atoms with Crippen molar-refractivity contribution in [2.75, 3.05) is 13.2 Å². The number of carbonyl (C=O) groups is 2. The van der Waals surface area contributed by atoms with E-state index in [1.54, 1.807) is 6.92 Å². The average molecular weight is 235 g/mol. The molecule has 94 valence electrons. The maximum Gasteiger partial charge on any atom is 0.220 e. The highest BCUT2D eigenvalue weighted by molar-refractivity contribution is 5.89. The van der Waals surface area contributed by atoms with Gasteiger partial charge in [0.05, 0.1) is 13.2 Å². The van der Waals surface area contributed by atoms with Crippen LogP contribution in [0.15, 0.2) is 0 Å². The molecule has 0 aliphatic rings. The van der Waals surface area contributed by atoms with Crippen molar-refractivity contribution in [1.29, 1.82) is 0 Å². The molecule has 0 aliphatic carbocycles. The number of amides is 1. The minimum atomic E-state index is -1.83. The summed E-state index contributed by atoms with van der Waals surface area (Å²) < 4.78 is 0. The van der Waals surface area contributed by atoms with Crippen molar-refractivity contribution in [3.63, 3.8) is 0 Å². The van der Waals surface area contributed by atoms with Crippen LogP contribution >= 0.6 is 0 Å². The summed E-state index contributed by atoms with van der Waals surface area (Å²) in [6, 6.07) is 0. The van der Waals surface area contributed by atoms with Crippen LogP contribution < -0.4 is 5.32 Å². The first kappa shape index (κ1) is 15.0. The molecule has 7 nitrogen and oxygen atoms in total. The fourth-order valence-electron chi connectivity index (χ4n) is 0.924. The molecular weight excluding hydrogens is 218 g/mol. The van der Waals surface area contributed by atoms with Crippen LogP contribution in [0.3, 0.4) is 0 Å². The number of aliphatic hydroxyl groups is 4. The summed E-state index contributed by atoms with van der Waals surface area (Å²) in [6.45, 7) is 0.399. The highest BCUT2D eigenvalue weighted by Crippen LogP contribution is 2.00. The van der Waals surface area contributed by atoms with Gasteiger partial charge in [0, 0.05) is 6.42 Å². The third kappa shape index (κ3) is 4.67. The van der Waals surface area contributed by atoms with Gasteiger partial charge in [-0.25, -0.2) is 0 Å². The molecule has 0 heterocycles. The van der Waals surface area contributed by atoms with Gasteiger partial charge in [0.1, 0.15) is 18.3 Å². The number of rotatable bonds is 7. The number of carbonyl (C=O) groups excluding carboxylic acids is 2. The normalized spacial score (nSPS) is 16.3. The van der Waals surface area contributed by atoms with Crippen molar-refractivity contribution in [3.8, 4) is 0 Å². The van der Waals surface area contributed by atoms with Gasteiger partial charge in [0.2, 0.25) is 5.91 Å². The van der Waals surface area contributed by atoms with Crippen molar-refractivity contribution in [2.24, 2.45) is 0 Å².